The molecular weight excluding hydrogens is 322 g/mol. The van der Waals surface area contributed by atoms with Crippen LogP contribution in [0.15, 0.2) is 48.5 Å². The molecule has 0 atom stereocenters. The predicted octanol–water partition coefficient (Wildman–Crippen LogP) is 4.73. The molecule has 3 rings (SSSR count). The quantitative estimate of drug-likeness (QED) is 0.864. The Morgan fingerprint density at radius 2 is 1.65 bits per heavy atom. The highest BCUT2D eigenvalue weighted by molar-refractivity contribution is 5.90. The largest absolute Gasteiger partial charge is 0.368 e. The van der Waals surface area contributed by atoms with Crippen LogP contribution in [0.25, 0.3) is 0 Å². The highest BCUT2D eigenvalue weighted by Gasteiger charge is 2.23. The third kappa shape index (κ3) is 4.01. The van der Waals surface area contributed by atoms with Gasteiger partial charge in [0.05, 0.1) is 0 Å². The van der Waals surface area contributed by atoms with Crippen molar-refractivity contribution < 1.29 is 4.79 Å². The Bertz CT molecular complexity index is 749. The lowest BCUT2D eigenvalue weighted by atomic mass is 10.0. The summed E-state index contributed by atoms with van der Waals surface area (Å²) in [5.41, 5.74) is 4.78. The lowest BCUT2D eigenvalue weighted by Gasteiger charge is -2.37. The third-order valence-electron chi connectivity index (χ3n) is 5.10. The minimum atomic E-state index is 0.00141. The number of amides is 2. The van der Waals surface area contributed by atoms with Crippen molar-refractivity contribution in [3.05, 3.63) is 59.7 Å². The molecule has 138 valence electrons. The number of anilines is 2. The van der Waals surface area contributed by atoms with Crippen LogP contribution in [-0.2, 0) is 6.42 Å². The summed E-state index contributed by atoms with van der Waals surface area (Å²) in [4.78, 5) is 17.0. The molecular formula is C22H29N3O. The summed E-state index contributed by atoms with van der Waals surface area (Å²) < 4.78 is 0. The maximum absolute atomic E-state index is 12.7. The number of carbonyl (C=O) groups is 1. The van der Waals surface area contributed by atoms with Gasteiger partial charge in [0, 0.05) is 37.6 Å². The monoisotopic (exact) mass is 351 g/mol. The molecule has 1 heterocycles. The minimum absolute atomic E-state index is 0.00141. The summed E-state index contributed by atoms with van der Waals surface area (Å²) in [6.45, 7) is 9.71. The van der Waals surface area contributed by atoms with Crippen molar-refractivity contribution in [1.82, 2.24) is 4.90 Å². The number of hydrogen-bond acceptors (Lipinski definition) is 2. The molecule has 0 radical (unpaired) electrons. The molecule has 0 aromatic heterocycles. The molecule has 0 unspecified atom stereocenters. The molecule has 0 spiro atoms. The van der Waals surface area contributed by atoms with Crippen LogP contribution in [0.4, 0.5) is 16.2 Å². The molecule has 4 nitrogen and oxygen atoms in total. The first-order chi connectivity index (χ1) is 12.6. The molecule has 1 N–H and O–H groups in total. The van der Waals surface area contributed by atoms with Gasteiger partial charge in [-0.15, -0.1) is 0 Å². The van der Waals surface area contributed by atoms with E-state index in [0.717, 1.165) is 38.3 Å². The number of urea groups is 1. The van der Waals surface area contributed by atoms with Crippen LogP contribution in [0, 0.1) is 0 Å². The van der Waals surface area contributed by atoms with Crippen molar-refractivity contribution in [3.8, 4) is 0 Å². The van der Waals surface area contributed by atoms with Gasteiger partial charge in [-0.3, -0.25) is 0 Å². The first kappa shape index (κ1) is 18.3. The Labute approximate surface area is 156 Å². The van der Waals surface area contributed by atoms with Gasteiger partial charge < -0.3 is 15.1 Å². The van der Waals surface area contributed by atoms with Gasteiger partial charge in [-0.25, -0.2) is 4.79 Å². The van der Waals surface area contributed by atoms with E-state index in [1.165, 1.54) is 16.8 Å². The number of rotatable bonds is 4. The fourth-order valence-electron chi connectivity index (χ4n) is 3.58. The minimum Gasteiger partial charge on any atom is -0.368 e. The molecule has 2 aromatic carbocycles. The summed E-state index contributed by atoms with van der Waals surface area (Å²) in [6.07, 6.45) is 1.03. The van der Waals surface area contributed by atoms with Crippen LogP contribution < -0.4 is 10.2 Å². The highest BCUT2D eigenvalue weighted by Crippen LogP contribution is 2.25. The average molecular weight is 351 g/mol. The first-order valence-electron chi connectivity index (χ1n) is 9.57. The zero-order valence-electron chi connectivity index (χ0n) is 16.0. The molecule has 0 bridgehead atoms. The summed E-state index contributed by atoms with van der Waals surface area (Å²) in [7, 11) is 0. The SMILES string of the molecule is CCc1ccccc1N1CCN(C(=O)Nc2ccccc2C(C)C)CC1. The maximum atomic E-state index is 12.7. The molecule has 2 aromatic rings. The van der Waals surface area contributed by atoms with E-state index >= 15 is 0 Å². The summed E-state index contributed by atoms with van der Waals surface area (Å²) in [6, 6.07) is 16.6. The Morgan fingerprint density at radius 3 is 2.35 bits per heavy atom. The third-order valence-corrected chi connectivity index (χ3v) is 5.10. The van der Waals surface area contributed by atoms with Gasteiger partial charge in [0.1, 0.15) is 0 Å². The van der Waals surface area contributed by atoms with Crippen LogP contribution in [0.1, 0.15) is 37.8 Å². The molecule has 1 aliphatic heterocycles. The van der Waals surface area contributed by atoms with Gasteiger partial charge in [0.25, 0.3) is 0 Å². The summed E-state index contributed by atoms with van der Waals surface area (Å²) in [5, 5.41) is 3.11. The number of nitrogens with one attached hydrogen (secondary N) is 1. The lowest BCUT2D eigenvalue weighted by molar-refractivity contribution is 0.208. The van der Waals surface area contributed by atoms with Gasteiger partial charge in [-0.1, -0.05) is 57.2 Å². The second-order valence-corrected chi connectivity index (χ2v) is 7.13. The number of nitrogens with zero attached hydrogens (tertiary/aromatic N) is 2. The zero-order valence-corrected chi connectivity index (χ0v) is 16.0. The Kier molecular flexibility index (Phi) is 5.82. The van der Waals surface area contributed by atoms with E-state index < -0.39 is 0 Å². The number of hydrogen-bond donors (Lipinski definition) is 1. The predicted molar refractivity (Wildman–Crippen MR) is 109 cm³/mol. The van der Waals surface area contributed by atoms with Crippen LogP contribution in [0.2, 0.25) is 0 Å². The molecule has 2 amide bonds. The van der Waals surface area contributed by atoms with E-state index in [9.17, 15) is 4.79 Å². The van der Waals surface area contributed by atoms with E-state index in [1.54, 1.807) is 0 Å². The van der Waals surface area contributed by atoms with Gasteiger partial charge in [-0.05, 0) is 35.6 Å². The van der Waals surface area contributed by atoms with Crippen molar-refractivity contribution in [3.63, 3.8) is 0 Å². The van der Waals surface area contributed by atoms with Gasteiger partial charge >= 0.3 is 6.03 Å². The van der Waals surface area contributed by atoms with Crippen LogP contribution in [0.5, 0.6) is 0 Å². The molecule has 1 saturated heterocycles. The second-order valence-electron chi connectivity index (χ2n) is 7.13. The molecule has 1 aliphatic rings. The Balaban J connectivity index is 1.62. The number of aryl methyl sites for hydroxylation is 1. The Morgan fingerprint density at radius 1 is 1.00 bits per heavy atom. The number of benzene rings is 2. The van der Waals surface area contributed by atoms with Crippen molar-refractivity contribution in [2.75, 3.05) is 36.4 Å². The lowest BCUT2D eigenvalue weighted by Crippen LogP contribution is -2.50. The topological polar surface area (TPSA) is 35.6 Å². The van der Waals surface area contributed by atoms with Crippen molar-refractivity contribution in [2.45, 2.75) is 33.1 Å². The molecule has 0 saturated carbocycles. The average Bonchev–Trinajstić information content (AvgIpc) is 2.68. The standard InChI is InChI=1S/C22H29N3O/c1-4-18-9-5-8-12-21(18)24-13-15-25(16-14-24)22(26)23-20-11-7-6-10-19(20)17(2)3/h5-12,17H,4,13-16H2,1-3H3,(H,23,26). The van der Waals surface area contributed by atoms with E-state index in [0.29, 0.717) is 5.92 Å². The first-order valence-corrected chi connectivity index (χ1v) is 9.57. The van der Waals surface area contributed by atoms with Gasteiger partial charge in [0.15, 0.2) is 0 Å². The van der Waals surface area contributed by atoms with Gasteiger partial charge in [0.2, 0.25) is 0 Å². The van der Waals surface area contributed by atoms with Crippen molar-refractivity contribution >= 4 is 17.4 Å². The van der Waals surface area contributed by atoms with Crippen molar-refractivity contribution in [1.29, 1.82) is 0 Å². The molecule has 0 aliphatic carbocycles. The zero-order chi connectivity index (χ0) is 18.5. The number of piperazine rings is 1. The van der Waals surface area contributed by atoms with Crippen LogP contribution in [-0.4, -0.2) is 37.1 Å². The number of para-hydroxylation sites is 2. The fourth-order valence-corrected chi connectivity index (χ4v) is 3.58. The Hall–Kier alpha value is -2.49. The van der Waals surface area contributed by atoms with Crippen LogP contribution in [0.3, 0.4) is 0 Å². The van der Waals surface area contributed by atoms with E-state index in [4.69, 9.17) is 0 Å². The normalized spacial score (nSPS) is 14.6. The molecule has 1 fully saturated rings. The smallest absolute Gasteiger partial charge is 0.321 e. The molecule has 4 heteroatoms. The van der Waals surface area contributed by atoms with Gasteiger partial charge in [-0.2, -0.15) is 0 Å². The van der Waals surface area contributed by atoms with E-state index in [-0.39, 0.29) is 6.03 Å². The highest BCUT2D eigenvalue weighted by atomic mass is 16.2. The molecule has 26 heavy (non-hydrogen) atoms. The van der Waals surface area contributed by atoms with E-state index in [1.807, 2.05) is 23.1 Å². The fraction of sp³-hybridized carbons (Fsp3) is 0.409. The van der Waals surface area contributed by atoms with E-state index in [2.05, 4.69) is 61.3 Å². The second kappa shape index (κ2) is 8.26. The summed E-state index contributed by atoms with van der Waals surface area (Å²) in [5.74, 6) is 0.383. The maximum Gasteiger partial charge on any atom is 0.321 e. The summed E-state index contributed by atoms with van der Waals surface area (Å²) >= 11 is 0. The van der Waals surface area contributed by atoms with Crippen LogP contribution >= 0.6 is 0 Å². The number of carbonyl (C=O) groups excluding carboxylic acids is 1. The van der Waals surface area contributed by atoms with Crippen molar-refractivity contribution in [2.24, 2.45) is 0 Å².